The average molecular weight is 405 g/mol. The quantitative estimate of drug-likeness (QED) is 0.364. The van der Waals surface area contributed by atoms with Crippen LogP contribution in [0.25, 0.3) is 10.2 Å². The molecule has 0 aliphatic rings. The summed E-state index contributed by atoms with van der Waals surface area (Å²) in [5.41, 5.74) is 0.402. The second-order valence-corrected chi connectivity index (χ2v) is 6.39. The topological polar surface area (TPSA) is 121 Å². The van der Waals surface area contributed by atoms with Gasteiger partial charge in [-0.15, -0.1) is 0 Å². The zero-order chi connectivity index (χ0) is 20.1. The third-order valence-corrected chi connectivity index (χ3v) is 4.31. The predicted molar refractivity (Wildman–Crippen MR) is 97.8 cm³/mol. The molecule has 0 saturated heterocycles. The van der Waals surface area contributed by atoms with Gasteiger partial charge in [0.1, 0.15) is 0 Å². The molecule has 0 aliphatic heterocycles. The number of fused-ring (bicyclic) bond motifs is 1. The molecule has 0 aliphatic carbocycles. The summed E-state index contributed by atoms with van der Waals surface area (Å²) < 4.78 is 23.6. The first-order valence-electron chi connectivity index (χ1n) is 7.80. The lowest BCUT2D eigenvalue weighted by Gasteiger charge is -2.07. The molecule has 2 aromatic carbocycles. The number of carbonyl (C=O) groups excluding carboxylic acids is 2. The third-order valence-electron chi connectivity index (χ3n) is 3.38. The predicted octanol–water partition coefficient (Wildman–Crippen LogP) is 2.90. The summed E-state index contributed by atoms with van der Waals surface area (Å²) >= 11 is 1.05. The molecule has 144 valence electrons. The molecular formula is C17H12FN3O6S. The van der Waals surface area contributed by atoms with E-state index >= 15 is 0 Å². The Morgan fingerprint density at radius 3 is 2.75 bits per heavy atom. The summed E-state index contributed by atoms with van der Waals surface area (Å²) in [6, 6.07) is 9.69. The van der Waals surface area contributed by atoms with Crippen LogP contribution in [0.4, 0.5) is 15.2 Å². The number of amides is 1. The zero-order valence-electron chi connectivity index (χ0n) is 14.1. The maximum Gasteiger partial charge on any atom is 0.344 e. The molecule has 0 saturated carbocycles. The number of carbonyl (C=O) groups is 2. The van der Waals surface area contributed by atoms with Gasteiger partial charge in [0.25, 0.3) is 11.6 Å². The van der Waals surface area contributed by atoms with Gasteiger partial charge in [0.15, 0.2) is 29.9 Å². The van der Waals surface area contributed by atoms with Crippen LogP contribution in [0.3, 0.4) is 0 Å². The van der Waals surface area contributed by atoms with Gasteiger partial charge < -0.3 is 9.47 Å². The van der Waals surface area contributed by atoms with Crippen molar-refractivity contribution in [2.45, 2.75) is 0 Å². The number of thiazole rings is 1. The van der Waals surface area contributed by atoms with Crippen molar-refractivity contribution in [3.05, 3.63) is 58.4 Å². The Balaban J connectivity index is 1.50. The Bertz CT molecular complexity index is 1050. The van der Waals surface area contributed by atoms with Crippen molar-refractivity contribution < 1.29 is 28.4 Å². The highest BCUT2D eigenvalue weighted by molar-refractivity contribution is 7.22. The minimum atomic E-state index is -0.849. The smallest absolute Gasteiger partial charge is 0.344 e. The van der Waals surface area contributed by atoms with E-state index in [0.29, 0.717) is 10.2 Å². The van der Waals surface area contributed by atoms with Crippen LogP contribution in [0.1, 0.15) is 0 Å². The lowest BCUT2D eigenvalue weighted by molar-refractivity contribution is -0.384. The fourth-order valence-corrected chi connectivity index (χ4v) is 3.04. The fraction of sp³-hybridized carbons (Fsp3) is 0.118. The molecule has 1 heterocycles. The Morgan fingerprint density at radius 2 is 2.00 bits per heavy atom. The first-order valence-corrected chi connectivity index (χ1v) is 8.62. The summed E-state index contributed by atoms with van der Waals surface area (Å²) in [5, 5.41) is 13.4. The second kappa shape index (κ2) is 8.39. The van der Waals surface area contributed by atoms with Gasteiger partial charge in [-0.2, -0.15) is 0 Å². The summed E-state index contributed by atoms with van der Waals surface area (Å²) in [6.07, 6.45) is 0. The minimum absolute atomic E-state index is 0.0854. The zero-order valence-corrected chi connectivity index (χ0v) is 14.9. The number of nitro benzene ring substituents is 1. The molecule has 0 spiro atoms. The first kappa shape index (κ1) is 19.2. The van der Waals surface area contributed by atoms with E-state index in [0.717, 1.165) is 11.3 Å². The number of aromatic nitrogens is 1. The Morgan fingerprint density at radius 1 is 1.21 bits per heavy atom. The summed E-state index contributed by atoms with van der Waals surface area (Å²) in [7, 11) is 0. The van der Waals surface area contributed by atoms with Crippen molar-refractivity contribution in [1.29, 1.82) is 0 Å². The van der Waals surface area contributed by atoms with E-state index in [1.54, 1.807) is 6.07 Å². The van der Waals surface area contributed by atoms with Crippen LogP contribution in [0.15, 0.2) is 42.5 Å². The number of nitrogens with zero attached hydrogens (tertiary/aromatic N) is 2. The Hall–Kier alpha value is -3.60. The maximum absolute atomic E-state index is 13.4. The van der Waals surface area contributed by atoms with E-state index < -0.39 is 35.8 Å². The highest BCUT2D eigenvalue weighted by Crippen LogP contribution is 2.29. The van der Waals surface area contributed by atoms with Crippen molar-refractivity contribution in [1.82, 2.24) is 4.98 Å². The van der Waals surface area contributed by atoms with Crippen molar-refractivity contribution in [2.24, 2.45) is 0 Å². The maximum atomic E-state index is 13.4. The molecule has 0 atom stereocenters. The number of hydrogen-bond donors (Lipinski definition) is 1. The van der Waals surface area contributed by atoms with E-state index in [-0.39, 0.29) is 16.6 Å². The number of benzene rings is 2. The van der Waals surface area contributed by atoms with Gasteiger partial charge in [-0.25, -0.2) is 14.2 Å². The van der Waals surface area contributed by atoms with Gasteiger partial charge in [0, 0.05) is 12.1 Å². The van der Waals surface area contributed by atoms with Crippen LogP contribution >= 0.6 is 11.3 Å². The molecular weight excluding hydrogens is 393 g/mol. The van der Waals surface area contributed by atoms with Crippen LogP contribution in [0.2, 0.25) is 0 Å². The van der Waals surface area contributed by atoms with Gasteiger partial charge in [-0.05, 0) is 18.2 Å². The van der Waals surface area contributed by atoms with Crippen molar-refractivity contribution in [2.75, 3.05) is 18.5 Å². The molecule has 1 N–H and O–H groups in total. The summed E-state index contributed by atoms with van der Waals surface area (Å²) in [5.74, 6) is -2.22. The van der Waals surface area contributed by atoms with Crippen molar-refractivity contribution in [3.8, 4) is 5.75 Å². The van der Waals surface area contributed by atoms with E-state index in [4.69, 9.17) is 9.47 Å². The average Bonchev–Trinajstić information content (AvgIpc) is 3.07. The SMILES string of the molecule is O=C(COC(=O)COc1ccccc1F)Nc1nc2ccc([N+](=O)[O-])cc2s1. The minimum Gasteiger partial charge on any atom is -0.479 e. The highest BCUT2D eigenvalue weighted by atomic mass is 32.1. The van der Waals surface area contributed by atoms with Crippen LogP contribution in [0, 0.1) is 15.9 Å². The van der Waals surface area contributed by atoms with Crippen LogP contribution < -0.4 is 10.1 Å². The Labute approximate surface area is 160 Å². The number of hydrogen-bond acceptors (Lipinski definition) is 8. The largest absolute Gasteiger partial charge is 0.479 e. The van der Waals surface area contributed by atoms with E-state index in [1.165, 1.54) is 36.4 Å². The lowest BCUT2D eigenvalue weighted by Crippen LogP contribution is -2.23. The number of ether oxygens (including phenoxy) is 2. The van der Waals surface area contributed by atoms with Gasteiger partial charge in [0.05, 0.1) is 15.1 Å². The van der Waals surface area contributed by atoms with Gasteiger partial charge in [-0.1, -0.05) is 23.5 Å². The lowest BCUT2D eigenvalue weighted by atomic mass is 10.3. The van der Waals surface area contributed by atoms with E-state index in [9.17, 15) is 24.1 Å². The molecule has 0 radical (unpaired) electrons. The van der Waals surface area contributed by atoms with Gasteiger partial charge in [0.2, 0.25) is 0 Å². The van der Waals surface area contributed by atoms with Crippen molar-refractivity contribution >= 4 is 44.2 Å². The number of non-ortho nitro benzene ring substituents is 1. The van der Waals surface area contributed by atoms with Gasteiger partial charge in [-0.3, -0.25) is 20.2 Å². The standard InChI is InChI=1S/C17H12FN3O6S/c18-11-3-1-2-4-13(11)26-9-16(23)27-8-15(22)20-17-19-12-6-5-10(21(24)25)7-14(12)28-17/h1-7H,8-9H2,(H,19,20,22). The molecule has 28 heavy (non-hydrogen) atoms. The van der Waals surface area contributed by atoms with Crippen LogP contribution in [-0.4, -0.2) is 35.0 Å². The molecule has 9 nitrogen and oxygen atoms in total. The fourth-order valence-electron chi connectivity index (χ4n) is 2.12. The van der Waals surface area contributed by atoms with Gasteiger partial charge >= 0.3 is 5.97 Å². The van der Waals surface area contributed by atoms with Crippen molar-refractivity contribution in [3.63, 3.8) is 0 Å². The van der Waals surface area contributed by atoms with E-state index in [2.05, 4.69) is 10.3 Å². The third kappa shape index (κ3) is 4.76. The number of esters is 1. The number of nitrogens with one attached hydrogen (secondary N) is 1. The number of nitro groups is 1. The first-order chi connectivity index (χ1) is 13.4. The normalized spacial score (nSPS) is 10.5. The molecule has 1 amide bonds. The monoisotopic (exact) mass is 405 g/mol. The summed E-state index contributed by atoms with van der Waals surface area (Å²) in [4.78, 5) is 37.8. The molecule has 0 unspecified atom stereocenters. The Kier molecular flexibility index (Phi) is 5.75. The molecule has 3 rings (SSSR count). The molecule has 1 aromatic heterocycles. The number of para-hydroxylation sites is 1. The van der Waals surface area contributed by atoms with E-state index in [1.807, 2.05) is 0 Å². The van der Waals surface area contributed by atoms with Crippen LogP contribution in [0.5, 0.6) is 5.75 Å². The number of anilines is 1. The highest BCUT2D eigenvalue weighted by Gasteiger charge is 2.14. The molecule has 0 fully saturated rings. The van der Waals surface area contributed by atoms with Crippen LogP contribution in [-0.2, 0) is 14.3 Å². The number of rotatable bonds is 7. The second-order valence-electron chi connectivity index (χ2n) is 5.36. The molecule has 3 aromatic rings. The molecule has 0 bridgehead atoms. The molecule has 11 heteroatoms. The summed E-state index contributed by atoms with van der Waals surface area (Å²) in [6.45, 7) is -1.14. The number of halogens is 1.